The van der Waals surface area contributed by atoms with Crippen molar-refractivity contribution in [3.05, 3.63) is 0 Å². The molecule has 16 heavy (non-hydrogen) atoms. The first-order valence-electron chi connectivity index (χ1n) is 6.44. The van der Waals surface area contributed by atoms with Gasteiger partial charge in [0.05, 0.1) is 6.04 Å². The number of likely N-dealkylation sites (tertiary alicyclic amines) is 1. The molecule has 3 nitrogen and oxygen atoms in total. The minimum absolute atomic E-state index is 0.106. The SMILES string of the molecule is CCCNC1CCN(C2CCSCC2)C1=O. The molecule has 0 saturated carbocycles. The Morgan fingerprint density at radius 3 is 2.81 bits per heavy atom. The molecule has 2 saturated heterocycles. The van der Waals surface area contributed by atoms with Crippen molar-refractivity contribution >= 4 is 17.7 Å². The van der Waals surface area contributed by atoms with Crippen LogP contribution in [0.1, 0.15) is 32.6 Å². The van der Waals surface area contributed by atoms with Gasteiger partial charge in [-0.15, -0.1) is 0 Å². The van der Waals surface area contributed by atoms with Crippen LogP contribution in [-0.2, 0) is 4.79 Å². The number of carbonyl (C=O) groups excluding carboxylic acids is 1. The molecule has 1 unspecified atom stereocenters. The van der Waals surface area contributed by atoms with Gasteiger partial charge in [0.1, 0.15) is 0 Å². The normalized spacial score (nSPS) is 27.7. The average Bonchev–Trinajstić information content (AvgIpc) is 2.69. The van der Waals surface area contributed by atoms with Gasteiger partial charge in [-0.25, -0.2) is 0 Å². The van der Waals surface area contributed by atoms with Crippen LogP contribution < -0.4 is 5.32 Å². The molecule has 2 aliphatic heterocycles. The van der Waals surface area contributed by atoms with Crippen molar-refractivity contribution in [1.82, 2.24) is 10.2 Å². The predicted molar refractivity (Wildman–Crippen MR) is 68.8 cm³/mol. The molecular formula is C12H22N2OS. The topological polar surface area (TPSA) is 32.3 Å². The number of nitrogens with one attached hydrogen (secondary N) is 1. The number of nitrogens with zero attached hydrogens (tertiary/aromatic N) is 1. The predicted octanol–water partition coefficient (Wildman–Crippen LogP) is 1.48. The van der Waals surface area contributed by atoms with Crippen molar-refractivity contribution in [2.24, 2.45) is 0 Å². The molecule has 4 heteroatoms. The molecule has 0 aromatic heterocycles. The van der Waals surface area contributed by atoms with Gasteiger partial charge in [-0.05, 0) is 43.7 Å². The zero-order valence-electron chi connectivity index (χ0n) is 10.1. The summed E-state index contributed by atoms with van der Waals surface area (Å²) in [7, 11) is 0. The van der Waals surface area contributed by atoms with E-state index >= 15 is 0 Å². The molecular weight excluding hydrogens is 220 g/mol. The number of carbonyl (C=O) groups is 1. The molecule has 1 N–H and O–H groups in total. The van der Waals surface area contributed by atoms with E-state index in [1.807, 2.05) is 11.8 Å². The second-order valence-electron chi connectivity index (χ2n) is 4.67. The maximum absolute atomic E-state index is 12.2. The molecule has 1 atom stereocenters. The van der Waals surface area contributed by atoms with Gasteiger partial charge in [-0.2, -0.15) is 11.8 Å². The average molecular weight is 242 g/mol. The van der Waals surface area contributed by atoms with Gasteiger partial charge in [0.15, 0.2) is 0 Å². The number of hydrogen-bond acceptors (Lipinski definition) is 3. The van der Waals surface area contributed by atoms with E-state index in [-0.39, 0.29) is 6.04 Å². The van der Waals surface area contributed by atoms with Crippen molar-refractivity contribution in [2.75, 3.05) is 24.6 Å². The van der Waals surface area contributed by atoms with E-state index < -0.39 is 0 Å². The van der Waals surface area contributed by atoms with Crippen LogP contribution in [0.4, 0.5) is 0 Å². The molecule has 2 heterocycles. The highest BCUT2D eigenvalue weighted by Crippen LogP contribution is 2.25. The first kappa shape index (κ1) is 12.2. The molecule has 2 aliphatic rings. The Labute approximate surface area is 102 Å². The van der Waals surface area contributed by atoms with Crippen molar-refractivity contribution in [2.45, 2.75) is 44.7 Å². The molecule has 0 aromatic rings. The van der Waals surface area contributed by atoms with Crippen molar-refractivity contribution in [1.29, 1.82) is 0 Å². The van der Waals surface area contributed by atoms with Crippen LogP contribution >= 0.6 is 11.8 Å². The Morgan fingerprint density at radius 2 is 2.12 bits per heavy atom. The standard InChI is InChI=1S/C12H22N2OS/c1-2-6-13-11-3-7-14(12(11)15)10-4-8-16-9-5-10/h10-11,13H,2-9H2,1H3. The Hall–Kier alpha value is -0.220. The van der Waals surface area contributed by atoms with Crippen molar-refractivity contribution in [3.63, 3.8) is 0 Å². The van der Waals surface area contributed by atoms with Crippen molar-refractivity contribution < 1.29 is 4.79 Å². The summed E-state index contributed by atoms with van der Waals surface area (Å²) in [4.78, 5) is 14.3. The van der Waals surface area contributed by atoms with E-state index in [0.717, 1.165) is 25.9 Å². The third-order valence-corrected chi connectivity index (χ3v) is 4.56. The highest BCUT2D eigenvalue weighted by molar-refractivity contribution is 7.99. The van der Waals surface area contributed by atoms with Crippen LogP contribution in [0.3, 0.4) is 0 Å². The van der Waals surface area contributed by atoms with Crippen LogP contribution in [0.15, 0.2) is 0 Å². The van der Waals surface area contributed by atoms with Crippen LogP contribution in [0.25, 0.3) is 0 Å². The van der Waals surface area contributed by atoms with E-state index in [2.05, 4.69) is 17.1 Å². The van der Waals surface area contributed by atoms with Gasteiger partial charge in [0.25, 0.3) is 0 Å². The lowest BCUT2D eigenvalue weighted by Crippen LogP contribution is -2.44. The molecule has 0 radical (unpaired) electrons. The zero-order valence-corrected chi connectivity index (χ0v) is 10.9. The van der Waals surface area contributed by atoms with Gasteiger partial charge < -0.3 is 10.2 Å². The van der Waals surface area contributed by atoms with E-state index in [1.54, 1.807) is 0 Å². The van der Waals surface area contributed by atoms with Crippen molar-refractivity contribution in [3.8, 4) is 0 Å². The quantitative estimate of drug-likeness (QED) is 0.810. The van der Waals surface area contributed by atoms with Gasteiger partial charge in [-0.3, -0.25) is 4.79 Å². The lowest BCUT2D eigenvalue weighted by molar-refractivity contribution is -0.131. The smallest absolute Gasteiger partial charge is 0.240 e. The van der Waals surface area contributed by atoms with Gasteiger partial charge in [0, 0.05) is 12.6 Å². The molecule has 0 bridgehead atoms. The van der Waals surface area contributed by atoms with E-state index in [9.17, 15) is 4.79 Å². The van der Waals surface area contributed by atoms with Crippen LogP contribution in [-0.4, -0.2) is 47.5 Å². The Bertz CT molecular complexity index is 241. The lowest BCUT2D eigenvalue weighted by Gasteiger charge is -2.31. The summed E-state index contributed by atoms with van der Waals surface area (Å²) in [5.74, 6) is 2.80. The number of amides is 1. The van der Waals surface area contributed by atoms with Gasteiger partial charge in [-0.1, -0.05) is 6.92 Å². The minimum atomic E-state index is 0.106. The molecule has 0 aliphatic carbocycles. The molecule has 0 spiro atoms. The summed E-state index contributed by atoms with van der Waals surface area (Å²) in [5.41, 5.74) is 0. The maximum Gasteiger partial charge on any atom is 0.240 e. The summed E-state index contributed by atoms with van der Waals surface area (Å²) in [6.07, 6.45) is 4.49. The summed E-state index contributed by atoms with van der Waals surface area (Å²) in [6.45, 7) is 4.07. The van der Waals surface area contributed by atoms with Crippen LogP contribution in [0.5, 0.6) is 0 Å². The fraction of sp³-hybridized carbons (Fsp3) is 0.917. The second kappa shape index (κ2) is 5.92. The van der Waals surface area contributed by atoms with Gasteiger partial charge >= 0.3 is 0 Å². The van der Waals surface area contributed by atoms with E-state index in [0.29, 0.717) is 11.9 Å². The summed E-state index contributed by atoms with van der Waals surface area (Å²) >= 11 is 2.02. The number of thioether (sulfide) groups is 1. The number of hydrogen-bond donors (Lipinski definition) is 1. The summed E-state index contributed by atoms with van der Waals surface area (Å²) < 4.78 is 0. The molecule has 2 fully saturated rings. The fourth-order valence-corrected chi connectivity index (χ4v) is 3.65. The van der Waals surface area contributed by atoms with E-state index in [4.69, 9.17) is 0 Å². The third kappa shape index (κ3) is 2.72. The van der Waals surface area contributed by atoms with Crippen LogP contribution in [0.2, 0.25) is 0 Å². The number of rotatable bonds is 4. The van der Waals surface area contributed by atoms with Crippen LogP contribution in [0, 0.1) is 0 Å². The molecule has 2 rings (SSSR count). The molecule has 0 aromatic carbocycles. The fourth-order valence-electron chi connectivity index (χ4n) is 2.57. The summed E-state index contributed by atoms with van der Waals surface area (Å²) in [6, 6.07) is 0.636. The maximum atomic E-state index is 12.2. The van der Waals surface area contributed by atoms with E-state index in [1.165, 1.54) is 24.3 Å². The zero-order chi connectivity index (χ0) is 11.4. The molecule has 92 valence electrons. The highest BCUT2D eigenvalue weighted by atomic mass is 32.2. The third-order valence-electron chi connectivity index (χ3n) is 3.51. The first-order chi connectivity index (χ1) is 7.83. The minimum Gasteiger partial charge on any atom is -0.338 e. The Balaban J connectivity index is 1.85. The second-order valence-corrected chi connectivity index (χ2v) is 5.90. The Kier molecular flexibility index (Phi) is 4.53. The Morgan fingerprint density at radius 1 is 1.38 bits per heavy atom. The first-order valence-corrected chi connectivity index (χ1v) is 7.60. The monoisotopic (exact) mass is 242 g/mol. The highest BCUT2D eigenvalue weighted by Gasteiger charge is 2.35. The summed E-state index contributed by atoms with van der Waals surface area (Å²) in [5, 5.41) is 3.35. The largest absolute Gasteiger partial charge is 0.338 e. The molecule has 1 amide bonds. The van der Waals surface area contributed by atoms with Gasteiger partial charge in [0.2, 0.25) is 5.91 Å². The lowest BCUT2D eigenvalue weighted by atomic mass is 10.1.